The Labute approximate surface area is 180 Å². The van der Waals surface area contributed by atoms with Crippen molar-refractivity contribution in [1.29, 1.82) is 5.41 Å². The number of benzene rings is 2. The summed E-state index contributed by atoms with van der Waals surface area (Å²) in [5.41, 5.74) is 4.74. The highest BCUT2D eigenvalue weighted by Crippen LogP contribution is 2.34. The Bertz CT molecular complexity index is 1060. The second kappa shape index (κ2) is 9.89. The molecule has 0 spiro atoms. The van der Waals surface area contributed by atoms with E-state index in [9.17, 15) is 4.79 Å². The molecule has 1 heterocycles. The van der Waals surface area contributed by atoms with E-state index < -0.39 is 0 Å². The van der Waals surface area contributed by atoms with Gasteiger partial charge in [-0.1, -0.05) is 30.3 Å². The highest BCUT2D eigenvalue weighted by atomic mass is 32.1. The molecule has 0 fully saturated rings. The number of carbonyl (C=O) groups excluding carboxylic acids is 1. The molecule has 0 unspecified atom stereocenters. The average Bonchev–Trinajstić information content (AvgIpc) is 3.10. The standard InChI is InChI=1S/C22H24N6OS/c1-4-28(14-17-8-6-5-7-9-17)18-10-11-20(21(12-18)24-16(3)29)25-26-22-19(13-23)15(2)27-30-22/h5-13,23H,4,14H2,1-3H3,(H,24,29)/b23-13?,26-25+. The van der Waals surface area contributed by atoms with Crippen LogP contribution in [0.15, 0.2) is 58.8 Å². The molecule has 3 rings (SSSR count). The summed E-state index contributed by atoms with van der Waals surface area (Å²) in [6.07, 6.45) is 1.23. The van der Waals surface area contributed by atoms with Crippen molar-refractivity contribution in [3.63, 3.8) is 0 Å². The number of aryl methyl sites for hydroxylation is 1. The summed E-state index contributed by atoms with van der Waals surface area (Å²) in [4.78, 5) is 14.0. The summed E-state index contributed by atoms with van der Waals surface area (Å²) in [6.45, 7) is 6.98. The summed E-state index contributed by atoms with van der Waals surface area (Å²) >= 11 is 1.20. The minimum absolute atomic E-state index is 0.177. The number of azo groups is 1. The molecule has 154 valence electrons. The predicted molar refractivity (Wildman–Crippen MR) is 123 cm³/mol. The van der Waals surface area contributed by atoms with Crippen LogP contribution in [0.3, 0.4) is 0 Å². The van der Waals surface area contributed by atoms with E-state index in [2.05, 4.69) is 43.9 Å². The molecule has 0 bridgehead atoms. The quantitative estimate of drug-likeness (QED) is 0.353. The fourth-order valence-corrected chi connectivity index (χ4v) is 3.69. The topological polar surface area (TPSA) is 93.8 Å². The third kappa shape index (κ3) is 5.15. The molecule has 0 saturated carbocycles. The largest absolute Gasteiger partial charge is 0.367 e. The molecule has 2 N–H and O–H groups in total. The lowest BCUT2D eigenvalue weighted by Crippen LogP contribution is -2.22. The molecule has 0 aliphatic carbocycles. The van der Waals surface area contributed by atoms with Crippen molar-refractivity contribution < 1.29 is 4.79 Å². The van der Waals surface area contributed by atoms with Crippen molar-refractivity contribution in [2.45, 2.75) is 27.3 Å². The van der Waals surface area contributed by atoms with Crippen LogP contribution in [-0.2, 0) is 11.3 Å². The molecule has 30 heavy (non-hydrogen) atoms. The van der Waals surface area contributed by atoms with Gasteiger partial charge in [0.15, 0.2) is 5.00 Å². The Hall–Kier alpha value is -3.39. The maximum Gasteiger partial charge on any atom is 0.221 e. The Kier molecular flexibility index (Phi) is 7.03. The van der Waals surface area contributed by atoms with Crippen LogP contribution in [0, 0.1) is 12.3 Å². The summed E-state index contributed by atoms with van der Waals surface area (Å²) < 4.78 is 4.22. The summed E-state index contributed by atoms with van der Waals surface area (Å²) in [6, 6.07) is 16.0. The molecule has 0 radical (unpaired) electrons. The number of carbonyl (C=O) groups is 1. The third-order valence-corrected chi connectivity index (χ3v) is 5.38. The van der Waals surface area contributed by atoms with Crippen LogP contribution in [0.5, 0.6) is 0 Å². The van der Waals surface area contributed by atoms with Gasteiger partial charge in [-0.25, -0.2) is 0 Å². The van der Waals surface area contributed by atoms with E-state index in [-0.39, 0.29) is 5.91 Å². The molecule has 1 aromatic heterocycles. The van der Waals surface area contributed by atoms with Gasteiger partial charge >= 0.3 is 0 Å². The smallest absolute Gasteiger partial charge is 0.221 e. The molecular weight excluding hydrogens is 396 g/mol. The van der Waals surface area contributed by atoms with E-state index in [1.165, 1.54) is 30.2 Å². The van der Waals surface area contributed by atoms with E-state index >= 15 is 0 Å². The maximum absolute atomic E-state index is 11.8. The van der Waals surface area contributed by atoms with Gasteiger partial charge in [0, 0.05) is 31.9 Å². The van der Waals surface area contributed by atoms with Crippen LogP contribution in [0.1, 0.15) is 30.7 Å². The lowest BCUT2D eigenvalue weighted by molar-refractivity contribution is -0.114. The number of hydrogen-bond acceptors (Lipinski definition) is 7. The summed E-state index contributed by atoms with van der Waals surface area (Å²) in [5.74, 6) is -0.177. The van der Waals surface area contributed by atoms with Gasteiger partial charge in [-0.15, -0.1) is 10.2 Å². The predicted octanol–water partition coefficient (Wildman–Crippen LogP) is 5.85. The first-order valence-electron chi connectivity index (χ1n) is 9.60. The molecule has 2 aromatic carbocycles. The van der Waals surface area contributed by atoms with Crippen LogP contribution < -0.4 is 10.2 Å². The SMILES string of the molecule is CCN(Cc1ccccc1)c1ccc(/N=N/c2snc(C)c2C=N)c(NC(C)=O)c1. The minimum Gasteiger partial charge on any atom is -0.367 e. The van der Waals surface area contributed by atoms with Crippen molar-refractivity contribution in [2.24, 2.45) is 10.2 Å². The second-order valence-corrected chi connectivity index (χ2v) is 7.47. The Balaban J connectivity index is 1.91. The summed E-state index contributed by atoms with van der Waals surface area (Å²) in [5, 5.41) is 19.5. The van der Waals surface area contributed by atoms with Crippen molar-refractivity contribution in [3.8, 4) is 0 Å². The Morgan fingerprint density at radius 3 is 2.67 bits per heavy atom. The highest BCUT2D eigenvalue weighted by molar-refractivity contribution is 7.10. The van der Waals surface area contributed by atoms with E-state index in [0.29, 0.717) is 21.9 Å². The van der Waals surface area contributed by atoms with Crippen LogP contribution in [-0.4, -0.2) is 23.0 Å². The van der Waals surface area contributed by atoms with Crippen LogP contribution >= 0.6 is 11.5 Å². The van der Waals surface area contributed by atoms with Crippen molar-refractivity contribution in [1.82, 2.24) is 4.37 Å². The Morgan fingerprint density at radius 2 is 2.00 bits per heavy atom. The Morgan fingerprint density at radius 1 is 1.23 bits per heavy atom. The number of nitrogens with one attached hydrogen (secondary N) is 2. The molecule has 1 amide bonds. The van der Waals surface area contributed by atoms with Gasteiger partial charge in [0.2, 0.25) is 5.91 Å². The number of rotatable bonds is 8. The molecule has 0 aliphatic rings. The van der Waals surface area contributed by atoms with Crippen LogP contribution in [0.2, 0.25) is 0 Å². The van der Waals surface area contributed by atoms with E-state index in [0.717, 1.165) is 24.5 Å². The second-order valence-electron chi connectivity index (χ2n) is 6.71. The fourth-order valence-electron chi connectivity index (χ4n) is 2.99. The normalized spacial score (nSPS) is 10.9. The van der Waals surface area contributed by atoms with E-state index in [1.54, 1.807) is 0 Å². The van der Waals surface area contributed by atoms with Crippen LogP contribution in [0.25, 0.3) is 0 Å². The van der Waals surface area contributed by atoms with Gasteiger partial charge in [-0.2, -0.15) is 4.37 Å². The first-order valence-corrected chi connectivity index (χ1v) is 10.4. The fraction of sp³-hybridized carbons (Fsp3) is 0.227. The molecule has 7 nitrogen and oxygen atoms in total. The maximum atomic E-state index is 11.8. The molecule has 0 atom stereocenters. The van der Waals surface area contributed by atoms with E-state index in [4.69, 9.17) is 5.41 Å². The highest BCUT2D eigenvalue weighted by Gasteiger charge is 2.12. The molecular formula is C22H24N6OS. The first-order chi connectivity index (χ1) is 14.5. The van der Waals surface area contributed by atoms with Gasteiger partial charge in [-0.3, -0.25) is 4.79 Å². The molecule has 0 saturated heterocycles. The van der Waals surface area contributed by atoms with Crippen molar-refractivity contribution in [3.05, 3.63) is 65.4 Å². The summed E-state index contributed by atoms with van der Waals surface area (Å²) in [7, 11) is 0. The average molecular weight is 421 g/mol. The number of anilines is 2. The van der Waals surface area contributed by atoms with Gasteiger partial charge in [0.05, 0.1) is 16.9 Å². The number of amides is 1. The monoisotopic (exact) mass is 420 g/mol. The lowest BCUT2D eigenvalue weighted by atomic mass is 10.1. The van der Waals surface area contributed by atoms with Gasteiger partial charge < -0.3 is 15.6 Å². The number of aromatic nitrogens is 1. The zero-order valence-corrected chi connectivity index (χ0v) is 18.0. The zero-order chi connectivity index (χ0) is 21.5. The molecule has 0 aliphatic heterocycles. The minimum atomic E-state index is -0.177. The molecule has 8 heteroatoms. The molecule has 3 aromatic rings. The van der Waals surface area contributed by atoms with Crippen LogP contribution in [0.4, 0.5) is 22.1 Å². The van der Waals surface area contributed by atoms with Gasteiger partial charge in [0.1, 0.15) is 5.69 Å². The third-order valence-electron chi connectivity index (χ3n) is 4.54. The van der Waals surface area contributed by atoms with Gasteiger partial charge in [0.25, 0.3) is 0 Å². The number of hydrogen-bond donors (Lipinski definition) is 2. The van der Waals surface area contributed by atoms with Gasteiger partial charge in [-0.05, 0) is 49.1 Å². The van der Waals surface area contributed by atoms with Crippen molar-refractivity contribution in [2.75, 3.05) is 16.8 Å². The van der Waals surface area contributed by atoms with E-state index in [1.807, 2.05) is 43.3 Å². The number of nitrogens with zero attached hydrogens (tertiary/aromatic N) is 4. The first kappa shape index (κ1) is 21.3. The lowest BCUT2D eigenvalue weighted by Gasteiger charge is -2.24. The zero-order valence-electron chi connectivity index (χ0n) is 17.2. The van der Waals surface area contributed by atoms with Crippen molar-refractivity contribution >= 4 is 45.7 Å².